The molecule has 0 bridgehead atoms. The lowest BCUT2D eigenvalue weighted by molar-refractivity contribution is 0.864. The molecule has 0 amide bonds. The summed E-state index contributed by atoms with van der Waals surface area (Å²) in [6.07, 6.45) is 0. The van der Waals surface area contributed by atoms with E-state index in [9.17, 15) is 0 Å². The average molecular weight is 202 g/mol. The van der Waals surface area contributed by atoms with Crippen LogP contribution in [0.3, 0.4) is 0 Å². The Hall–Kier alpha value is -0.530. The maximum absolute atomic E-state index is 2.93. The van der Waals surface area contributed by atoms with Crippen molar-refractivity contribution in [1.29, 1.82) is 0 Å². The highest BCUT2D eigenvalue weighted by molar-refractivity contribution is 5.85. The van der Waals surface area contributed by atoms with Crippen LogP contribution in [-0.4, -0.2) is 13.6 Å². The van der Waals surface area contributed by atoms with E-state index in [1.54, 1.807) is 0 Å². The van der Waals surface area contributed by atoms with Gasteiger partial charge in [-0.2, -0.15) is 0 Å². The molecule has 1 aromatic rings. The van der Waals surface area contributed by atoms with E-state index < -0.39 is 0 Å². The standard InChI is InChI=1S/C8H10.C3H9N.ClH/c1-7-3-5-8(2)6-4-7;1-3-4-2;/h3-6H,1-2H3;4H,3H2,1-2H3;1H. The van der Waals surface area contributed by atoms with Crippen molar-refractivity contribution in [1.82, 2.24) is 5.32 Å². The lowest BCUT2D eigenvalue weighted by Gasteiger charge is -1.90. The molecule has 1 N–H and O–H groups in total. The quantitative estimate of drug-likeness (QED) is 0.737. The third-order valence-electron chi connectivity index (χ3n) is 1.57. The van der Waals surface area contributed by atoms with Gasteiger partial charge in [-0.25, -0.2) is 0 Å². The van der Waals surface area contributed by atoms with E-state index >= 15 is 0 Å². The predicted octanol–water partition coefficient (Wildman–Crippen LogP) is 2.95. The van der Waals surface area contributed by atoms with E-state index in [2.05, 4.69) is 50.4 Å². The first-order valence-electron chi connectivity index (χ1n) is 4.38. The van der Waals surface area contributed by atoms with Crippen LogP contribution in [0.15, 0.2) is 24.3 Å². The maximum atomic E-state index is 2.93. The Kier molecular flexibility index (Phi) is 11.0. The molecule has 0 spiro atoms. The van der Waals surface area contributed by atoms with E-state index in [4.69, 9.17) is 0 Å². The van der Waals surface area contributed by atoms with Crippen LogP contribution in [0, 0.1) is 13.8 Å². The minimum atomic E-state index is 0. The van der Waals surface area contributed by atoms with Crippen LogP contribution in [0.2, 0.25) is 0 Å². The van der Waals surface area contributed by atoms with Crippen molar-refractivity contribution in [3.05, 3.63) is 35.4 Å². The Bertz CT molecular complexity index is 171. The van der Waals surface area contributed by atoms with Crippen molar-refractivity contribution in [3.8, 4) is 0 Å². The first-order chi connectivity index (χ1) is 5.70. The zero-order valence-corrected chi connectivity index (χ0v) is 9.74. The molecule has 1 aromatic carbocycles. The number of hydrogen-bond donors (Lipinski definition) is 1. The summed E-state index contributed by atoms with van der Waals surface area (Å²) in [4.78, 5) is 0. The molecule has 1 rings (SSSR count). The molecule has 0 aromatic heterocycles. The Labute approximate surface area is 88.0 Å². The van der Waals surface area contributed by atoms with Gasteiger partial charge in [0.2, 0.25) is 0 Å². The summed E-state index contributed by atoms with van der Waals surface area (Å²) in [5.41, 5.74) is 2.66. The second-order valence-corrected chi connectivity index (χ2v) is 2.86. The van der Waals surface area contributed by atoms with Gasteiger partial charge in [-0.3, -0.25) is 0 Å². The Balaban J connectivity index is 0. The van der Waals surface area contributed by atoms with Crippen molar-refractivity contribution in [3.63, 3.8) is 0 Å². The highest BCUT2D eigenvalue weighted by Gasteiger charge is 1.79. The number of halogens is 1. The normalized spacial score (nSPS) is 8.00. The van der Waals surface area contributed by atoms with Crippen molar-refractivity contribution in [2.24, 2.45) is 0 Å². The van der Waals surface area contributed by atoms with Gasteiger partial charge in [-0.1, -0.05) is 42.3 Å². The summed E-state index contributed by atoms with van der Waals surface area (Å²) >= 11 is 0. The summed E-state index contributed by atoms with van der Waals surface area (Å²) < 4.78 is 0. The number of benzene rings is 1. The molecule has 1 nitrogen and oxygen atoms in total. The fraction of sp³-hybridized carbons (Fsp3) is 0.455. The van der Waals surface area contributed by atoms with E-state index in [1.807, 2.05) is 7.05 Å². The summed E-state index contributed by atoms with van der Waals surface area (Å²) in [7, 11) is 1.93. The van der Waals surface area contributed by atoms with Gasteiger partial charge < -0.3 is 5.32 Å². The highest BCUT2D eigenvalue weighted by atomic mass is 35.5. The van der Waals surface area contributed by atoms with Gasteiger partial charge in [0.15, 0.2) is 0 Å². The summed E-state index contributed by atoms with van der Waals surface area (Å²) in [6, 6.07) is 8.48. The van der Waals surface area contributed by atoms with Gasteiger partial charge in [-0.05, 0) is 27.4 Å². The van der Waals surface area contributed by atoms with E-state index in [0.29, 0.717) is 0 Å². The summed E-state index contributed by atoms with van der Waals surface area (Å²) in [5, 5.41) is 2.93. The zero-order valence-electron chi connectivity index (χ0n) is 8.92. The number of nitrogens with one attached hydrogen (secondary N) is 1. The molecule has 0 aliphatic carbocycles. The van der Waals surface area contributed by atoms with Crippen molar-refractivity contribution in [2.45, 2.75) is 20.8 Å². The van der Waals surface area contributed by atoms with E-state index in [-0.39, 0.29) is 12.4 Å². The van der Waals surface area contributed by atoms with Crippen molar-refractivity contribution < 1.29 is 0 Å². The molecule has 0 saturated heterocycles. The number of hydrogen-bond acceptors (Lipinski definition) is 1. The van der Waals surface area contributed by atoms with Gasteiger partial charge in [0, 0.05) is 0 Å². The topological polar surface area (TPSA) is 12.0 Å². The molecule has 0 aliphatic rings. The van der Waals surface area contributed by atoms with Crippen molar-refractivity contribution >= 4 is 12.4 Å². The Morgan fingerprint density at radius 2 is 1.23 bits per heavy atom. The number of aryl methyl sites for hydroxylation is 2. The van der Waals surface area contributed by atoms with Gasteiger partial charge in [-0.15, -0.1) is 12.4 Å². The van der Waals surface area contributed by atoms with Crippen LogP contribution >= 0.6 is 12.4 Å². The zero-order chi connectivity index (χ0) is 9.40. The van der Waals surface area contributed by atoms with Crippen LogP contribution < -0.4 is 5.32 Å². The molecule has 2 heteroatoms. The third kappa shape index (κ3) is 9.38. The summed E-state index contributed by atoms with van der Waals surface area (Å²) in [6.45, 7) is 7.33. The molecule has 0 radical (unpaired) electrons. The van der Waals surface area contributed by atoms with E-state index in [0.717, 1.165) is 6.54 Å². The first-order valence-corrected chi connectivity index (χ1v) is 4.38. The van der Waals surface area contributed by atoms with Gasteiger partial charge >= 0.3 is 0 Å². The molecular weight excluding hydrogens is 182 g/mol. The molecule has 76 valence electrons. The molecule has 0 heterocycles. The SMILES string of the molecule is CCNC.Cc1ccc(C)cc1.Cl. The van der Waals surface area contributed by atoms with Crippen LogP contribution in [-0.2, 0) is 0 Å². The third-order valence-corrected chi connectivity index (χ3v) is 1.57. The molecule has 0 atom stereocenters. The fourth-order valence-electron chi connectivity index (χ4n) is 0.637. The van der Waals surface area contributed by atoms with Crippen LogP contribution in [0.1, 0.15) is 18.1 Å². The summed E-state index contributed by atoms with van der Waals surface area (Å²) in [5.74, 6) is 0. The molecule has 0 saturated carbocycles. The lowest BCUT2D eigenvalue weighted by Crippen LogP contribution is -2.01. The second-order valence-electron chi connectivity index (χ2n) is 2.86. The van der Waals surface area contributed by atoms with Gasteiger partial charge in [0.1, 0.15) is 0 Å². The predicted molar refractivity (Wildman–Crippen MR) is 62.8 cm³/mol. The molecule has 0 aliphatic heterocycles. The second kappa shape index (κ2) is 9.56. The van der Waals surface area contributed by atoms with Crippen LogP contribution in [0.5, 0.6) is 0 Å². The molecule has 0 unspecified atom stereocenters. The Morgan fingerprint density at radius 3 is 1.38 bits per heavy atom. The first kappa shape index (κ1) is 15.0. The smallest absolute Gasteiger partial charge is 0.00804 e. The average Bonchev–Trinajstić information content (AvgIpc) is 2.11. The Morgan fingerprint density at radius 1 is 1.00 bits per heavy atom. The van der Waals surface area contributed by atoms with Crippen LogP contribution in [0.25, 0.3) is 0 Å². The van der Waals surface area contributed by atoms with Gasteiger partial charge in [0.05, 0.1) is 0 Å². The minimum Gasteiger partial charge on any atom is -0.320 e. The fourth-order valence-corrected chi connectivity index (χ4v) is 0.637. The van der Waals surface area contributed by atoms with Crippen LogP contribution in [0.4, 0.5) is 0 Å². The molecule has 0 fully saturated rings. The van der Waals surface area contributed by atoms with Crippen molar-refractivity contribution in [2.75, 3.05) is 13.6 Å². The maximum Gasteiger partial charge on any atom is -0.00804 e. The van der Waals surface area contributed by atoms with Gasteiger partial charge in [0.25, 0.3) is 0 Å². The molecular formula is C11H20ClN. The minimum absolute atomic E-state index is 0. The molecule has 13 heavy (non-hydrogen) atoms. The monoisotopic (exact) mass is 201 g/mol. The highest BCUT2D eigenvalue weighted by Crippen LogP contribution is 1.99. The lowest BCUT2D eigenvalue weighted by atomic mass is 10.2. The van der Waals surface area contributed by atoms with E-state index in [1.165, 1.54) is 11.1 Å². The largest absolute Gasteiger partial charge is 0.320 e. The number of rotatable bonds is 1.